The van der Waals surface area contributed by atoms with Crippen LogP contribution in [0.2, 0.25) is 0 Å². The van der Waals surface area contributed by atoms with Crippen LogP contribution in [0.1, 0.15) is 40.3 Å². The van der Waals surface area contributed by atoms with E-state index in [9.17, 15) is 10.1 Å². The van der Waals surface area contributed by atoms with E-state index in [1.165, 1.54) is 0 Å². The summed E-state index contributed by atoms with van der Waals surface area (Å²) in [6.07, 6.45) is 0.286. The molecule has 1 N–H and O–H groups in total. The van der Waals surface area contributed by atoms with Crippen LogP contribution in [-0.4, -0.2) is 29.9 Å². The van der Waals surface area contributed by atoms with Gasteiger partial charge in [0.1, 0.15) is 5.82 Å². The Labute approximate surface area is 174 Å². The van der Waals surface area contributed by atoms with Crippen molar-refractivity contribution in [2.45, 2.75) is 25.8 Å². The number of methoxy groups -OCH3 is 2. The Morgan fingerprint density at radius 2 is 1.97 bits per heavy atom. The lowest BCUT2D eigenvalue weighted by Crippen LogP contribution is -2.25. The molecule has 0 aliphatic carbocycles. The van der Waals surface area contributed by atoms with Crippen LogP contribution >= 0.6 is 0 Å². The quantitative estimate of drug-likeness (QED) is 0.704. The topological polar surface area (TPSA) is 89.2 Å². The van der Waals surface area contributed by atoms with Crippen LogP contribution in [0.15, 0.2) is 42.5 Å². The van der Waals surface area contributed by atoms with E-state index in [2.05, 4.69) is 11.4 Å². The number of benzene rings is 2. The van der Waals surface area contributed by atoms with Crippen LogP contribution in [0.25, 0.3) is 0 Å². The van der Waals surface area contributed by atoms with Crippen LogP contribution in [-0.2, 0) is 11.3 Å². The first-order chi connectivity index (χ1) is 14.5. The summed E-state index contributed by atoms with van der Waals surface area (Å²) in [4.78, 5) is 12.5. The molecule has 152 valence electrons. The van der Waals surface area contributed by atoms with Gasteiger partial charge in [-0.05, 0) is 36.2 Å². The Kier molecular flexibility index (Phi) is 5.15. The standard InChI is InChI=1S/C23H22N4O3/c1-14-22-18(17-7-5-4-6-16(17)12-24)11-21(28)25-23(22)27(26-14)13-15-8-9-19(29-2)20(10-15)30-3/h4-10,18H,11,13H2,1-3H3,(H,25,28). The van der Waals surface area contributed by atoms with Gasteiger partial charge in [0.25, 0.3) is 0 Å². The number of amides is 1. The molecule has 30 heavy (non-hydrogen) atoms. The molecule has 0 spiro atoms. The molecule has 2 heterocycles. The molecule has 0 fully saturated rings. The Balaban J connectivity index is 1.76. The minimum absolute atomic E-state index is 0.0892. The molecule has 1 amide bonds. The third kappa shape index (κ3) is 3.37. The van der Waals surface area contributed by atoms with Gasteiger partial charge in [-0.25, -0.2) is 4.68 Å². The number of aryl methyl sites for hydroxylation is 1. The van der Waals surface area contributed by atoms with Crippen molar-refractivity contribution in [3.63, 3.8) is 0 Å². The number of aromatic nitrogens is 2. The number of carbonyl (C=O) groups excluding carboxylic acids is 1. The fourth-order valence-electron chi connectivity index (χ4n) is 4.05. The van der Waals surface area contributed by atoms with E-state index in [4.69, 9.17) is 14.6 Å². The zero-order valence-corrected chi connectivity index (χ0v) is 17.1. The molecule has 1 aromatic heterocycles. The van der Waals surface area contributed by atoms with Crippen LogP contribution in [0.4, 0.5) is 5.82 Å². The first-order valence-corrected chi connectivity index (χ1v) is 9.62. The highest BCUT2D eigenvalue weighted by Gasteiger charge is 2.33. The minimum Gasteiger partial charge on any atom is -0.493 e. The molecule has 7 nitrogen and oxygen atoms in total. The molecular formula is C23H22N4O3. The maximum absolute atomic E-state index is 12.5. The highest BCUT2D eigenvalue weighted by Crippen LogP contribution is 2.40. The molecule has 3 aromatic rings. The lowest BCUT2D eigenvalue weighted by Gasteiger charge is -2.25. The second-order valence-corrected chi connectivity index (χ2v) is 7.20. The number of carbonyl (C=O) groups is 1. The second-order valence-electron chi connectivity index (χ2n) is 7.20. The average Bonchev–Trinajstić information content (AvgIpc) is 3.07. The molecule has 1 unspecified atom stereocenters. The molecule has 2 aromatic carbocycles. The predicted molar refractivity (Wildman–Crippen MR) is 112 cm³/mol. The van der Waals surface area contributed by atoms with E-state index in [1.807, 2.05) is 43.3 Å². The van der Waals surface area contributed by atoms with Gasteiger partial charge in [0.2, 0.25) is 5.91 Å². The highest BCUT2D eigenvalue weighted by molar-refractivity contribution is 5.94. The summed E-state index contributed by atoms with van der Waals surface area (Å²) in [5.74, 6) is 1.67. The zero-order valence-electron chi connectivity index (χ0n) is 17.1. The SMILES string of the molecule is COc1ccc(Cn2nc(C)c3c2NC(=O)CC3c2ccccc2C#N)cc1OC. The van der Waals surface area contributed by atoms with Gasteiger partial charge in [-0.2, -0.15) is 10.4 Å². The molecule has 1 aliphatic rings. The molecule has 0 saturated heterocycles. The Hall–Kier alpha value is -3.79. The molecule has 7 heteroatoms. The number of hydrogen-bond donors (Lipinski definition) is 1. The smallest absolute Gasteiger partial charge is 0.226 e. The number of nitrogens with zero attached hydrogens (tertiary/aromatic N) is 3. The fourth-order valence-corrected chi connectivity index (χ4v) is 4.05. The van der Waals surface area contributed by atoms with E-state index >= 15 is 0 Å². The first-order valence-electron chi connectivity index (χ1n) is 9.62. The van der Waals surface area contributed by atoms with E-state index in [0.29, 0.717) is 29.4 Å². The van der Waals surface area contributed by atoms with Crippen LogP contribution in [0.5, 0.6) is 11.5 Å². The largest absolute Gasteiger partial charge is 0.493 e. The van der Waals surface area contributed by atoms with Crippen molar-refractivity contribution in [3.8, 4) is 17.6 Å². The fraction of sp³-hybridized carbons (Fsp3) is 0.261. The van der Waals surface area contributed by atoms with Gasteiger partial charge in [0, 0.05) is 17.9 Å². The third-order valence-electron chi connectivity index (χ3n) is 5.41. The average molecular weight is 402 g/mol. The number of nitriles is 1. The molecule has 0 saturated carbocycles. The Morgan fingerprint density at radius 1 is 1.20 bits per heavy atom. The summed E-state index contributed by atoms with van der Waals surface area (Å²) < 4.78 is 12.5. The van der Waals surface area contributed by atoms with Gasteiger partial charge in [0.05, 0.1) is 38.1 Å². The third-order valence-corrected chi connectivity index (χ3v) is 5.41. The zero-order chi connectivity index (χ0) is 21.3. The van der Waals surface area contributed by atoms with E-state index in [-0.39, 0.29) is 18.2 Å². The molecule has 1 aliphatic heterocycles. The second kappa shape index (κ2) is 7.91. The molecular weight excluding hydrogens is 380 g/mol. The lowest BCUT2D eigenvalue weighted by molar-refractivity contribution is -0.116. The maximum Gasteiger partial charge on any atom is 0.226 e. The summed E-state index contributed by atoms with van der Waals surface area (Å²) in [7, 11) is 3.19. The van der Waals surface area contributed by atoms with E-state index in [1.54, 1.807) is 25.0 Å². The maximum atomic E-state index is 12.5. The monoisotopic (exact) mass is 402 g/mol. The van der Waals surface area contributed by atoms with Crippen LogP contribution < -0.4 is 14.8 Å². The van der Waals surface area contributed by atoms with Crippen molar-refractivity contribution >= 4 is 11.7 Å². The molecule has 0 bridgehead atoms. The van der Waals surface area contributed by atoms with Crippen LogP contribution in [0, 0.1) is 18.3 Å². The lowest BCUT2D eigenvalue weighted by atomic mass is 9.83. The van der Waals surface area contributed by atoms with Crippen molar-refractivity contribution in [1.29, 1.82) is 5.26 Å². The molecule has 4 rings (SSSR count). The van der Waals surface area contributed by atoms with Crippen molar-refractivity contribution in [1.82, 2.24) is 9.78 Å². The van der Waals surface area contributed by atoms with Crippen molar-refractivity contribution < 1.29 is 14.3 Å². The summed E-state index contributed by atoms with van der Waals surface area (Å²) in [5.41, 5.74) is 4.19. The Morgan fingerprint density at radius 3 is 2.70 bits per heavy atom. The summed E-state index contributed by atoms with van der Waals surface area (Å²) in [6, 6.07) is 15.4. The van der Waals surface area contributed by atoms with Gasteiger partial charge < -0.3 is 14.8 Å². The normalized spacial score (nSPS) is 15.1. The number of hydrogen-bond acceptors (Lipinski definition) is 5. The van der Waals surface area contributed by atoms with Gasteiger partial charge in [-0.3, -0.25) is 4.79 Å². The van der Waals surface area contributed by atoms with Gasteiger partial charge in [-0.15, -0.1) is 0 Å². The summed E-state index contributed by atoms with van der Waals surface area (Å²) in [6.45, 7) is 2.40. The van der Waals surface area contributed by atoms with E-state index < -0.39 is 0 Å². The molecule has 0 radical (unpaired) electrons. The predicted octanol–water partition coefficient (Wildman–Crippen LogP) is 3.60. The number of fused-ring (bicyclic) bond motifs is 1. The first kappa shape index (κ1) is 19.5. The Bertz CT molecular complexity index is 1160. The van der Waals surface area contributed by atoms with Crippen LogP contribution in [0.3, 0.4) is 0 Å². The number of anilines is 1. The number of ether oxygens (including phenoxy) is 2. The van der Waals surface area contributed by atoms with Gasteiger partial charge >= 0.3 is 0 Å². The molecule has 1 atom stereocenters. The van der Waals surface area contributed by atoms with Crippen molar-refractivity contribution in [2.24, 2.45) is 0 Å². The highest BCUT2D eigenvalue weighted by atomic mass is 16.5. The van der Waals surface area contributed by atoms with Crippen molar-refractivity contribution in [3.05, 3.63) is 70.4 Å². The number of nitrogens with one attached hydrogen (secondary N) is 1. The van der Waals surface area contributed by atoms with Gasteiger partial charge in [0.15, 0.2) is 11.5 Å². The number of rotatable bonds is 5. The van der Waals surface area contributed by atoms with Gasteiger partial charge in [-0.1, -0.05) is 24.3 Å². The van der Waals surface area contributed by atoms with E-state index in [0.717, 1.165) is 22.4 Å². The summed E-state index contributed by atoms with van der Waals surface area (Å²) in [5, 5.41) is 17.2. The van der Waals surface area contributed by atoms with Crippen molar-refractivity contribution in [2.75, 3.05) is 19.5 Å². The summed E-state index contributed by atoms with van der Waals surface area (Å²) >= 11 is 0. The minimum atomic E-state index is -0.205.